The molecule has 0 unspecified atom stereocenters. The molecule has 2 aromatic rings. The Morgan fingerprint density at radius 3 is 1.19 bits per heavy atom. The molecule has 0 radical (unpaired) electrons. The molecule has 0 bridgehead atoms. The number of aliphatic hydroxyl groups excluding tert-OH is 2. The molecule has 0 saturated heterocycles. The summed E-state index contributed by atoms with van der Waals surface area (Å²) in [6, 6.07) is 18.3. The molecule has 0 aliphatic rings. The monoisotopic (exact) mass is 550 g/mol. The maximum Gasteiger partial charge on any atom is 0.350 e. The minimum Gasteiger partial charge on any atom is -0.512 e. The van der Waals surface area contributed by atoms with Crippen molar-refractivity contribution in [1.29, 1.82) is 0 Å². The van der Waals surface area contributed by atoms with Gasteiger partial charge in [-0.05, 0) is 37.1 Å². The third-order valence-corrected chi connectivity index (χ3v) is 4.86. The number of benzene rings is 2. The number of aliphatic hydroxyl groups is 2. The van der Waals surface area contributed by atoms with E-state index in [1.165, 1.54) is 12.2 Å². The number of unbranched alkanes of at least 4 members (excludes halogenated alkanes) is 5. The van der Waals surface area contributed by atoms with Gasteiger partial charge in [-0.3, -0.25) is 9.59 Å². The van der Waals surface area contributed by atoms with Gasteiger partial charge in [0.2, 0.25) is 0 Å². The molecule has 0 aliphatic carbocycles. The molecule has 2 rings (SSSR count). The van der Waals surface area contributed by atoms with E-state index >= 15 is 0 Å². The molecule has 0 amide bonds. The van der Waals surface area contributed by atoms with Gasteiger partial charge in [0.25, 0.3) is 0 Å². The van der Waals surface area contributed by atoms with E-state index < -0.39 is 0 Å². The van der Waals surface area contributed by atoms with Gasteiger partial charge in [-0.1, -0.05) is 62.1 Å². The molecule has 0 heterocycles. The minimum absolute atomic E-state index is 0. The summed E-state index contributed by atoms with van der Waals surface area (Å²) >= 11 is 0. The molecule has 0 atom stereocenters. The van der Waals surface area contributed by atoms with Gasteiger partial charge in [0, 0.05) is 48.4 Å². The topological polar surface area (TPSA) is 129 Å². The van der Waals surface area contributed by atoms with Crippen LogP contribution < -0.4 is 0 Å². The van der Waals surface area contributed by atoms with E-state index in [2.05, 4.69) is 0 Å². The summed E-state index contributed by atoms with van der Waals surface area (Å²) in [5.74, 6) is 0.551. The van der Waals surface area contributed by atoms with Crippen LogP contribution in [0.1, 0.15) is 76.3 Å². The second-order valence-corrected chi connectivity index (χ2v) is 8.10. The van der Waals surface area contributed by atoms with E-state index in [0.29, 0.717) is 37.2 Å². The Labute approximate surface area is 236 Å². The molecule has 0 saturated carbocycles. The molecule has 8 N–H and O–H groups in total. The predicted molar refractivity (Wildman–Crippen MR) is 152 cm³/mol. The first-order valence-electron chi connectivity index (χ1n) is 12.7. The fourth-order valence-electron chi connectivity index (χ4n) is 3.16. The Hall–Kier alpha value is -2.51. The van der Waals surface area contributed by atoms with Crippen LogP contribution in [0.3, 0.4) is 0 Å². The molecule has 0 fully saturated rings. The van der Waals surface area contributed by atoms with Crippen molar-refractivity contribution in [2.75, 3.05) is 13.2 Å². The van der Waals surface area contributed by atoms with Crippen LogP contribution in [-0.2, 0) is 21.7 Å². The number of rotatable bonds is 13. The van der Waals surface area contributed by atoms with E-state index in [1.54, 1.807) is 38.1 Å². The Bertz CT molecular complexity index is 819. The third-order valence-electron chi connectivity index (χ3n) is 4.86. The Balaban J connectivity index is 0. The van der Waals surface area contributed by atoms with Crippen molar-refractivity contribution in [3.63, 3.8) is 0 Å². The van der Waals surface area contributed by atoms with Gasteiger partial charge in [-0.2, -0.15) is 0 Å². The molecule has 0 spiro atoms. The van der Waals surface area contributed by atoms with Crippen LogP contribution >= 0.6 is 0 Å². The molecule has 0 aromatic heterocycles. The molecular formula is C30H46O6Ti+4. The minimum atomic E-state index is 0. The largest absolute Gasteiger partial charge is 0.512 e. The second kappa shape index (κ2) is 25.2. The quantitative estimate of drug-likeness (QED) is 0.0836. The summed E-state index contributed by atoms with van der Waals surface area (Å²) in [5, 5.41) is 32.3. The van der Waals surface area contributed by atoms with Crippen molar-refractivity contribution in [1.82, 2.24) is 0 Å². The van der Waals surface area contributed by atoms with Crippen LogP contribution in [0.15, 0.2) is 84.3 Å². The normalized spacial score (nSPS) is 10.7. The van der Waals surface area contributed by atoms with E-state index in [1.807, 2.05) is 36.4 Å². The van der Waals surface area contributed by atoms with Gasteiger partial charge in [-0.15, -0.1) is 0 Å². The standard InChI is InChI=1S/C26H30O4.2C2H6O.Ti/c27-23(19-25(29)21-13-7-5-8-14-21)17-11-3-1-2-4-12-18-24(28)20-26(30)22-15-9-6-10-16-22;2*1-2-3;/h5-10,13-16,19-20,27-28H,1-4,11-12,17-18H2;2*3H,2H2,1H3;/p+4/b23-19-,24-20-;;;. The molecule has 2 aromatic carbocycles. The van der Waals surface area contributed by atoms with Crippen molar-refractivity contribution in [3.05, 3.63) is 95.5 Å². The first-order valence-corrected chi connectivity index (χ1v) is 12.7. The molecule has 202 valence electrons. The van der Waals surface area contributed by atoms with E-state index in [-0.39, 0.29) is 44.8 Å². The van der Waals surface area contributed by atoms with E-state index in [4.69, 9.17) is 10.2 Å². The average molecular weight is 551 g/mol. The Morgan fingerprint density at radius 2 is 0.892 bits per heavy atom. The van der Waals surface area contributed by atoms with Crippen LogP contribution in [0.4, 0.5) is 0 Å². The number of carbonyl (C=O) groups excluding carboxylic acids is 2. The van der Waals surface area contributed by atoms with Gasteiger partial charge < -0.3 is 20.4 Å². The fourth-order valence-corrected chi connectivity index (χ4v) is 3.16. The summed E-state index contributed by atoms with van der Waals surface area (Å²) in [6.45, 7) is 4.58. The third kappa shape index (κ3) is 20.3. The summed E-state index contributed by atoms with van der Waals surface area (Å²) in [4.78, 5) is 20.0. The maximum atomic E-state index is 9.99. The summed E-state index contributed by atoms with van der Waals surface area (Å²) < 4.78 is 0. The SMILES string of the molecule is CC[OH2+].CC[OH2+].O/C(=C\C(=[OH+])c1ccccc1)CCCCCCCC/C(O)=C/C(=[OH+])c1ccccc1.[Ti]. The van der Waals surface area contributed by atoms with Gasteiger partial charge in [0.05, 0.1) is 23.3 Å². The zero-order chi connectivity index (χ0) is 27.0. The number of hydrogen-bond acceptors (Lipinski definition) is 2. The summed E-state index contributed by atoms with van der Waals surface area (Å²) in [6.07, 6.45) is 9.83. The summed E-state index contributed by atoms with van der Waals surface area (Å²) in [7, 11) is 0. The van der Waals surface area contributed by atoms with E-state index in [0.717, 1.165) is 38.5 Å². The number of ketones is 2. The van der Waals surface area contributed by atoms with Crippen molar-refractivity contribution < 1.29 is 51.7 Å². The van der Waals surface area contributed by atoms with Crippen molar-refractivity contribution in [3.8, 4) is 0 Å². The van der Waals surface area contributed by atoms with Crippen LogP contribution in [0.2, 0.25) is 0 Å². The Morgan fingerprint density at radius 1 is 0.622 bits per heavy atom. The molecular weight excluding hydrogens is 504 g/mol. The number of hydrogen-bond donors (Lipinski definition) is 2. The van der Waals surface area contributed by atoms with Gasteiger partial charge >= 0.3 is 11.6 Å². The van der Waals surface area contributed by atoms with E-state index in [9.17, 15) is 19.8 Å². The molecule has 6 nitrogen and oxygen atoms in total. The first-order chi connectivity index (χ1) is 17.4. The fraction of sp³-hybridized carbons (Fsp3) is 0.400. The van der Waals surface area contributed by atoms with Crippen LogP contribution in [-0.4, -0.2) is 54.8 Å². The maximum absolute atomic E-state index is 9.99. The van der Waals surface area contributed by atoms with Gasteiger partial charge in [0.1, 0.15) is 24.7 Å². The summed E-state index contributed by atoms with van der Waals surface area (Å²) in [5.41, 5.74) is 1.38. The smallest absolute Gasteiger partial charge is 0.350 e. The van der Waals surface area contributed by atoms with Crippen LogP contribution in [0, 0.1) is 0 Å². The predicted octanol–water partition coefficient (Wildman–Crippen LogP) is 5.64. The molecule has 7 heteroatoms. The average Bonchev–Trinajstić information content (AvgIpc) is 2.87. The van der Waals surface area contributed by atoms with Crippen molar-refractivity contribution >= 4 is 11.6 Å². The first kappa shape index (κ1) is 36.7. The second-order valence-electron chi connectivity index (χ2n) is 8.10. The van der Waals surface area contributed by atoms with Crippen LogP contribution in [0.5, 0.6) is 0 Å². The zero-order valence-electron chi connectivity index (χ0n) is 22.3. The van der Waals surface area contributed by atoms with Crippen molar-refractivity contribution in [2.45, 2.75) is 65.2 Å². The zero-order valence-corrected chi connectivity index (χ0v) is 23.8. The Kier molecular flexibility index (Phi) is 24.9. The number of allylic oxidation sites excluding steroid dienone is 4. The molecule has 0 aliphatic heterocycles. The van der Waals surface area contributed by atoms with Gasteiger partial charge in [-0.25, -0.2) is 0 Å². The van der Waals surface area contributed by atoms with Gasteiger partial charge in [0.15, 0.2) is 0 Å². The molecule has 37 heavy (non-hydrogen) atoms. The van der Waals surface area contributed by atoms with Crippen molar-refractivity contribution in [2.24, 2.45) is 0 Å². The van der Waals surface area contributed by atoms with Crippen LogP contribution in [0.25, 0.3) is 0 Å².